The van der Waals surface area contributed by atoms with Gasteiger partial charge in [-0.2, -0.15) is 0 Å². The molecular weight excluding hydrogens is 233 g/mol. The Bertz CT molecular complexity index is 318. The minimum atomic E-state index is -0.445. The van der Waals surface area contributed by atoms with E-state index in [1.807, 2.05) is 6.92 Å². The summed E-state index contributed by atoms with van der Waals surface area (Å²) < 4.78 is 12.5. The summed E-state index contributed by atoms with van der Waals surface area (Å²) in [5.41, 5.74) is 0.230. The number of pyridine rings is 1. The standard InChI is InChI=1S/C10H14FN3O.ClH/c1-2-12-5-6-13-10(15)9-4-3-8(11)7-14-9;/h3-4,7,12H,2,5-6H2,1H3,(H,13,15);1H. The number of nitrogens with one attached hydrogen (secondary N) is 2. The van der Waals surface area contributed by atoms with Crippen LogP contribution in [0.4, 0.5) is 4.39 Å². The summed E-state index contributed by atoms with van der Waals surface area (Å²) in [6.07, 6.45) is 1.03. The zero-order chi connectivity index (χ0) is 11.1. The minimum Gasteiger partial charge on any atom is -0.349 e. The summed E-state index contributed by atoms with van der Waals surface area (Å²) in [6, 6.07) is 2.57. The summed E-state index contributed by atoms with van der Waals surface area (Å²) >= 11 is 0. The molecule has 90 valence electrons. The Morgan fingerprint density at radius 3 is 2.75 bits per heavy atom. The van der Waals surface area contributed by atoms with E-state index in [0.717, 1.165) is 12.7 Å². The molecule has 1 aromatic rings. The molecule has 2 N–H and O–H groups in total. The number of amides is 1. The number of carbonyl (C=O) groups excluding carboxylic acids is 1. The first-order valence-electron chi connectivity index (χ1n) is 4.84. The van der Waals surface area contributed by atoms with Gasteiger partial charge in [0, 0.05) is 13.1 Å². The highest BCUT2D eigenvalue weighted by Crippen LogP contribution is 1.97. The van der Waals surface area contributed by atoms with Crippen molar-refractivity contribution >= 4 is 18.3 Å². The number of rotatable bonds is 5. The molecule has 0 fully saturated rings. The second-order valence-corrected chi connectivity index (χ2v) is 2.97. The third-order valence-electron chi connectivity index (χ3n) is 1.80. The van der Waals surface area contributed by atoms with Gasteiger partial charge < -0.3 is 10.6 Å². The molecule has 0 atom stereocenters. The van der Waals surface area contributed by atoms with Crippen LogP contribution in [0.1, 0.15) is 17.4 Å². The van der Waals surface area contributed by atoms with Crippen LogP contribution in [0.15, 0.2) is 18.3 Å². The highest BCUT2D eigenvalue weighted by Gasteiger charge is 2.05. The Morgan fingerprint density at radius 2 is 2.19 bits per heavy atom. The van der Waals surface area contributed by atoms with Crippen molar-refractivity contribution in [1.29, 1.82) is 0 Å². The summed E-state index contributed by atoms with van der Waals surface area (Å²) in [7, 11) is 0. The van der Waals surface area contributed by atoms with Gasteiger partial charge >= 0.3 is 0 Å². The van der Waals surface area contributed by atoms with Crippen LogP contribution < -0.4 is 10.6 Å². The normalized spacial score (nSPS) is 9.38. The highest BCUT2D eigenvalue weighted by molar-refractivity contribution is 5.92. The fourth-order valence-corrected chi connectivity index (χ4v) is 1.04. The first-order chi connectivity index (χ1) is 7.24. The number of hydrogen-bond acceptors (Lipinski definition) is 3. The first kappa shape index (κ1) is 14.8. The number of hydrogen-bond donors (Lipinski definition) is 2. The Morgan fingerprint density at radius 1 is 1.44 bits per heavy atom. The Balaban J connectivity index is 0.00000225. The second-order valence-electron chi connectivity index (χ2n) is 2.97. The zero-order valence-corrected chi connectivity index (χ0v) is 9.81. The highest BCUT2D eigenvalue weighted by atomic mass is 35.5. The van der Waals surface area contributed by atoms with E-state index in [-0.39, 0.29) is 24.0 Å². The van der Waals surface area contributed by atoms with Crippen molar-refractivity contribution < 1.29 is 9.18 Å². The maximum atomic E-state index is 12.5. The summed E-state index contributed by atoms with van der Waals surface area (Å²) in [4.78, 5) is 15.1. The molecule has 0 saturated carbocycles. The van der Waals surface area contributed by atoms with E-state index in [1.165, 1.54) is 12.1 Å². The molecule has 0 aliphatic carbocycles. The van der Waals surface area contributed by atoms with E-state index in [1.54, 1.807) is 0 Å². The summed E-state index contributed by atoms with van der Waals surface area (Å²) in [5, 5.41) is 5.74. The van der Waals surface area contributed by atoms with Crippen LogP contribution >= 0.6 is 12.4 Å². The second kappa shape index (κ2) is 8.01. The smallest absolute Gasteiger partial charge is 0.269 e. The average molecular weight is 248 g/mol. The van der Waals surface area contributed by atoms with Gasteiger partial charge in [0.15, 0.2) is 0 Å². The Labute approximate surface area is 100 Å². The third-order valence-corrected chi connectivity index (χ3v) is 1.80. The van der Waals surface area contributed by atoms with Gasteiger partial charge in [0.05, 0.1) is 6.20 Å². The lowest BCUT2D eigenvalue weighted by Crippen LogP contribution is -2.32. The van der Waals surface area contributed by atoms with Crippen molar-refractivity contribution in [3.05, 3.63) is 29.8 Å². The lowest BCUT2D eigenvalue weighted by atomic mass is 10.3. The number of nitrogens with zero attached hydrogens (tertiary/aromatic N) is 1. The SMILES string of the molecule is CCNCCNC(=O)c1ccc(F)cn1.Cl. The third kappa shape index (κ3) is 5.04. The van der Waals surface area contributed by atoms with Gasteiger partial charge in [0.1, 0.15) is 11.5 Å². The molecule has 0 aliphatic rings. The Kier molecular flexibility index (Phi) is 7.41. The fourth-order valence-electron chi connectivity index (χ4n) is 1.04. The first-order valence-corrected chi connectivity index (χ1v) is 4.84. The van der Waals surface area contributed by atoms with E-state index in [9.17, 15) is 9.18 Å². The molecule has 1 aromatic heterocycles. The van der Waals surface area contributed by atoms with E-state index in [4.69, 9.17) is 0 Å². The molecule has 0 aromatic carbocycles. The minimum absolute atomic E-state index is 0. The molecule has 0 aliphatic heterocycles. The molecule has 0 unspecified atom stereocenters. The van der Waals surface area contributed by atoms with Gasteiger partial charge in [0.25, 0.3) is 5.91 Å². The van der Waals surface area contributed by atoms with Crippen LogP contribution in [0.3, 0.4) is 0 Å². The van der Waals surface area contributed by atoms with Crippen LogP contribution in [0.2, 0.25) is 0 Å². The quantitative estimate of drug-likeness (QED) is 0.763. The molecule has 16 heavy (non-hydrogen) atoms. The van der Waals surface area contributed by atoms with Crippen LogP contribution in [0.25, 0.3) is 0 Å². The van der Waals surface area contributed by atoms with Crippen molar-refractivity contribution in [1.82, 2.24) is 15.6 Å². The molecule has 0 radical (unpaired) electrons. The largest absolute Gasteiger partial charge is 0.349 e. The maximum absolute atomic E-state index is 12.5. The number of halogens is 2. The van der Waals surface area contributed by atoms with E-state index < -0.39 is 5.82 Å². The average Bonchev–Trinajstić information content (AvgIpc) is 2.25. The van der Waals surface area contributed by atoms with E-state index >= 15 is 0 Å². The molecule has 0 bridgehead atoms. The number of likely N-dealkylation sites (N-methyl/N-ethyl adjacent to an activating group) is 1. The van der Waals surface area contributed by atoms with Gasteiger partial charge in [-0.25, -0.2) is 9.37 Å². The zero-order valence-electron chi connectivity index (χ0n) is 9.00. The van der Waals surface area contributed by atoms with E-state index in [2.05, 4.69) is 15.6 Å². The van der Waals surface area contributed by atoms with Gasteiger partial charge in [0.2, 0.25) is 0 Å². The van der Waals surface area contributed by atoms with Crippen molar-refractivity contribution in [3.8, 4) is 0 Å². The van der Waals surface area contributed by atoms with Crippen molar-refractivity contribution in [2.24, 2.45) is 0 Å². The number of aromatic nitrogens is 1. The van der Waals surface area contributed by atoms with Gasteiger partial charge in [-0.05, 0) is 18.7 Å². The predicted octanol–water partition coefficient (Wildman–Crippen LogP) is 0.982. The molecule has 1 rings (SSSR count). The van der Waals surface area contributed by atoms with Crippen molar-refractivity contribution in [2.75, 3.05) is 19.6 Å². The molecule has 6 heteroatoms. The Hall–Kier alpha value is -1.20. The lowest BCUT2D eigenvalue weighted by Gasteiger charge is -2.04. The maximum Gasteiger partial charge on any atom is 0.269 e. The lowest BCUT2D eigenvalue weighted by molar-refractivity contribution is 0.0949. The summed E-state index contributed by atoms with van der Waals surface area (Å²) in [6.45, 7) is 4.10. The summed E-state index contributed by atoms with van der Waals surface area (Å²) in [5.74, 6) is -0.730. The monoisotopic (exact) mass is 247 g/mol. The van der Waals surface area contributed by atoms with E-state index in [0.29, 0.717) is 13.1 Å². The van der Waals surface area contributed by atoms with Crippen LogP contribution in [-0.4, -0.2) is 30.5 Å². The van der Waals surface area contributed by atoms with Crippen molar-refractivity contribution in [3.63, 3.8) is 0 Å². The molecule has 1 heterocycles. The van der Waals surface area contributed by atoms with Gasteiger partial charge in [-0.3, -0.25) is 4.79 Å². The van der Waals surface area contributed by atoms with Gasteiger partial charge in [-0.1, -0.05) is 6.92 Å². The fraction of sp³-hybridized carbons (Fsp3) is 0.400. The molecule has 0 spiro atoms. The molecule has 4 nitrogen and oxygen atoms in total. The molecular formula is C10H15ClFN3O. The number of carbonyl (C=O) groups is 1. The molecule has 0 saturated heterocycles. The molecule has 1 amide bonds. The topological polar surface area (TPSA) is 54.0 Å². The predicted molar refractivity (Wildman–Crippen MR) is 62.3 cm³/mol. The van der Waals surface area contributed by atoms with Crippen LogP contribution in [-0.2, 0) is 0 Å². The van der Waals surface area contributed by atoms with Crippen LogP contribution in [0, 0.1) is 5.82 Å². The van der Waals surface area contributed by atoms with Crippen LogP contribution in [0.5, 0.6) is 0 Å². The van der Waals surface area contributed by atoms with Gasteiger partial charge in [-0.15, -0.1) is 12.4 Å². The van der Waals surface area contributed by atoms with Crippen molar-refractivity contribution in [2.45, 2.75) is 6.92 Å².